The Balaban J connectivity index is 1.70. The summed E-state index contributed by atoms with van der Waals surface area (Å²) in [6.07, 6.45) is 2.24. The van der Waals surface area contributed by atoms with Gasteiger partial charge in [0, 0.05) is 36.4 Å². The highest BCUT2D eigenvalue weighted by molar-refractivity contribution is 6.05. The van der Waals surface area contributed by atoms with Gasteiger partial charge in [-0.15, -0.1) is 0 Å². The summed E-state index contributed by atoms with van der Waals surface area (Å²) < 4.78 is 0. The fraction of sp³-hybridized carbons (Fsp3) is 0.364. The van der Waals surface area contributed by atoms with Gasteiger partial charge in [-0.2, -0.15) is 0 Å². The molecule has 2 aromatic rings. The van der Waals surface area contributed by atoms with Crippen LogP contribution in [0.3, 0.4) is 0 Å². The van der Waals surface area contributed by atoms with Crippen LogP contribution in [0.2, 0.25) is 0 Å². The number of nitrogens with one attached hydrogen (secondary N) is 1. The molecule has 142 valence electrons. The first-order valence-electron chi connectivity index (χ1n) is 9.48. The van der Waals surface area contributed by atoms with E-state index in [-0.39, 0.29) is 11.8 Å². The highest BCUT2D eigenvalue weighted by Gasteiger charge is 2.22. The molecule has 1 aliphatic rings. The molecule has 1 fully saturated rings. The Labute approximate surface area is 160 Å². The van der Waals surface area contributed by atoms with Gasteiger partial charge in [-0.05, 0) is 67.1 Å². The first-order chi connectivity index (χ1) is 13.0. The van der Waals surface area contributed by atoms with Crippen LogP contribution in [0.1, 0.15) is 51.6 Å². The maximum Gasteiger partial charge on any atom is 0.255 e. The lowest BCUT2D eigenvalue weighted by Crippen LogP contribution is -2.39. The van der Waals surface area contributed by atoms with Crippen molar-refractivity contribution < 1.29 is 9.59 Å². The summed E-state index contributed by atoms with van der Waals surface area (Å²) in [5, 5.41) is 2.92. The van der Waals surface area contributed by atoms with Crippen LogP contribution in [-0.2, 0) is 6.54 Å². The number of carbonyl (C=O) groups is 2. The van der Waals surface area contributed by atoms with Crippen LogP contribution < -0.4 is 11.1 Å². The topological polar surface area (TPSA) is 75.4 Å². The Bertz CT molecular complexity index is 830. The van der Waals surface area contributed by atoms with E-state index in [9.17, 15) is 9.59 Å². The molecule has 0 spiro atoms. The van der Waals surface area contributed by atoms with Gasteiger partial charge in [0.25, 0.3) is 11.8 Å². The summed E-state index contributed by atoms with van der Waals surface area (Å²) in [4.78, 5) is 27.1. The predicted molar refractivity (Wildman–Crippen MR) is 108 cm³/mol. The highest BCUT2D eigenvalue weighted by Crippen LogP contribution is 2.22. The molecular formula is C22H27N3O2. The minimum absolute atomic E-state index is 0.0694. The number of benzene rings is 2. The van der Waals surface area contributed by atoms with E-state index in [0.29, 0.717) is 29.3 Å². The van der Waals surface area contributed by atoms with Crippen LogP contribution in [-0.4, -0.2) is 29.8 Å². The number of anilines is 1. The molecule has 5 heteroatoms. The lowest BCUT2D eigenvalue weighted by molar-refractivity contribution is 0.0683. The van der Waals surface area contributed by atoms with Crippen LogP contribution in [0, 0.1) is 12.8 Å². The third kappa shape index (κ3) is 4.55. The van der Waals surface area contributed by atoms with E-state index in [0.717, 1.165) is 30.6 Å². The van der Waals surface area contributed by atoms with Crippen molar-refractivity contribution in [2.24, 2.45) is 11.7 Å². The number of amides is 2. The molecule has 0 bridgehead atoms. The van der Waals surface area contributed by atoms with E-state index in [1.807, 2.05) is 36.1 Å². The molecule has 1 unspecified atom stereocenters. The lowest BCUT2D eigenvalue weighted by Gasteiger charge is -2.31. The third-order valence-corrected chi connectivity index (χ3v) is 5.12. The zero-order valence-corrected chi connectivity index (χ0v) is 16.0. The number of aryl methyl sites for hydroxylation is 1. The first kappa shape index (κ1) is 19.1. The smallest absolute Gasteiger partial charge is 0.255 e. The van der Waals surface area contributed by atoms with Gasteiger partial charge in [0.05, 0.1) is 0 Å². The van der Waals surface area contributed by atoms with E-state index in [2.05, 4.69) is 12.2 Å². The Kier molecular flexibility index (Phi) is 5.91. The molecule has 3 N–H and O–H groups in total. The average Bonchev–Trinajstić information content (AvgIpc) is 2.69. The summed E-state index contributed by atoms with van der Waals surface area (Å²) >= 11 is 0. The van der Waals surface area contributed by atoms with Crippen molar-refractivity contribution in [3.63, 3.8) is 0 Å². The Morgan fingerprint density at radius 1 is 1.15 bits per heavy atom. The molecule has 1 atom stereocenters. The standard InChI is InChI=1S/C22H27N3O2/c1-15-4-3-11-25(14-15)22(27)19-9-10-20(16(2)12-19)24-21(26)18-7-5-17(13-23)6-8-18/h5-10,12,15H,3-4,11,13-14,23H2,1-2H3,(H,24,26). The summed E-state index contributed by atoms with van der Waals surface area (Å²) in [7, 11) is 0. The molecule has 1 heterocycles. The summed E-state index contributed by atoms with van der Waals surface area (Å²) in [6.45, 7) is 6.17. The summed E-state index contributed by atoms with van der Waals surface area (Å²) in [5.41, 5.74) is 9.41. The average molecular weight is 365 g/mol. The number of hydrogen-bond acceptors (Lipinski definition) is 3. The van der Waals surface area contributed by atoms with Gasteiger partial charge < -0.3 is 16.0 Å². The highest BCUT2D eigenvalue weighted by atomic mass is 16.2. The molecule has 5 nitrogen and oxygen atoms in total. The SMILES string of the molecule is Cc1cc(C(=O)N2CCCC(C)C2)ccc1NC(=O)c1ccc(CN)cc1. The molecular weight excluding hydrogens is 338 g/mol. The van der Waals surface area contributed by atoms with E-state index in [1.54, 1.807) is 18.2 Å². The quantitative estimate of drug-likeness (QED) is 0.869. The normalized spacial score (nSPS) is 16.9. The Morgan fingerprint density at radius 2 is 1.85 bits per heavy atom. The van der Waals surface area contributed by atoms with Crippen molar-refractivity contribution in [1.29, 1.82) is 0 Å². The van der Waals surface area contributed by atoms with Crippen LogP contribution >= 0.6 is 0 Å². The van der Waals surface area contributed by atoms with Crippen molar-refractivity contribution in [2.75, 3.05) is 18.4 Å². The number of rotatable bonds is 4. The van der Waals surface area contributed by atoms with Crippen molar-refractivity contribution in [2.45, 2.75) is 33.2 Å². The van der Waals surface area contributed by atoms with Gasteiger partial charge in [-0.1, -0.05) is 19.1 Å². The van der Waals surface area contributed by atoms with Crippen molar-refractivity contribution >= 4 is 17.5 Å². The lowest BCUT2D eigenvalue weighted by atomic mass is 9.99. The Hall–Kier alpha value is -2.66. The predicted octanol–water partition coefficient (Wildman–Crippen LogP) is 3.58. The molecule has 0 saturated carbocycles. The molecule has 2 aromatic carbocycles. The van der Waals surface area contributed by atoms with Crippen molar-refractivity contribution in [3.8, 4) is 0 Å². The number of nitrogens with zero attached hydrogens (tertiary/aromatic N) is 1. The summed E-state index contributed by atoms with van der Waals surface area (Å²) in [5.74, 6) is 0.443. The zero-order valence-electron chi connectivity index (χ0n) is 16.0. The van der Waals surface area contributed by atoms with E-state index in [4.69, 9.17) is 5.73 Å². The number of hydrogen-bond donors (Lipinski definition) is 2. The molecule has 1 saturated heterocycles. The molecule has 3 rings (SSSR count). The largest absolute Gasteiger partial charge is 0.338 e. The minimum atomic E-state index is -0.175. The maximum atomic E-state index is 12.7. The zero-order chi connectivity index (χ0) is 19.4. The Morgan fingerprint density at radius 3 is 2.48 bits per heavy atom. The maximum absolute atomic E-state index is 12.7. The van der Waals surface area contributed by atoms with Crippen LogP contribution in [0.5, 0.6) is 0 Å². The van der Waals surface area contributed by atoms with Crippen LogP contribution in [0.25, 0.3) is 0 Å². The first-order valence-corrected chi connectivity index (χ1v) is 9.48. The number of likely N-dealkylation sites (tertiary alicyclic amines) is 1. The third-order valence-electron chi connectivity index (χ3n) is 5.12. The molecule has 0 aromatic heterocycles. The number of carbonyl (C=O) groups excluding carboxylic acids is 2. The molecule has 0 aliphatic carbocycles. The van der Waals surface area contributed by atoms with Gasteiger partial charge in [-0.25, -0.2) is 0 Å². The van der Waals surface area contributed by atoms with E-state index >= 15 is 0 Å². The summed E-state index contributed by atoms with van der Waals surface area (Å²) in [6, 6.07) is 12.7. The second kappa shape index (κ2) is 8.35. The number of nitrogens with two attached hydrogens (primary N) is 1. The molecule has 1 aliphatic heterocycles. The van der Waals surface area contributed by atoms with Gasteiger partial charge in [0.2, 0.25) is 0 Å². The van der Waals surface area contributed by atoms with Crippen molar-refractivity contribution in [3.05, 3.63) is 64.7 Å². The van der Waals surface area contributed by atoms with Crippen LogP contribution in [0.15, 0.2) is 42.5 Å². The van der Waals surface area contributed by atoms with Gasteiger partial charge in [0.15, 0.2) is 0 Å². The van der Waals surface area contributed by atoms with Gasteiger partial charge in [-0.3, -0.25) is 9.59 Å². The molecule has 2 amide bonds. The molecule has 27 heavy (non-hydrogen) atoms. The number of piperidine rings is 1. The fourth-order valence-electron chi connectivity index (χ4n) is 3.48. The van der Waals surface area contributed by atoms with Gasteiger partial charge in [0.1, 0.15) is 0 Å². The molecule has 0 radical (unpaired) electrons. The second-order valence-electron chi connectivity index (χ2n) is 7.38. The van der Waals surface area contributed by atoms with Gasteiger partial charge >= 0.3 is 0 Å². The fourth-order valence-corrected chi connectivity index (χ4v) is 3.48. The minimum Gasteiger partial charge on any atom is -0.338 e. The van der Waals surface area contributed by atoms with Crippen molar-refractivity contribution in [1.82, 2.24) is 4.90 Å². The van der Waals surface area contributed by atoms with Crippen LogP contribution in [0.4, 0.5) is 5.69 Å². The van der Waals surface area contributed by atoms with E-state index < -0.39 is 0 Å². The second-order valence-corrected chi connectivity index (χ2v) is 7.38. The van der Waals surface area contributed by atoms with E-state index in [1.165, 1.54) is 6.42 Å². The monoisotopic (exact) mass is 365 g/mol.